The Kier molecular flexibility index (Phi) is 7.48. The van der Waals surface area contributed by atoms with Gasteiger partial charge in [-0.3, -0.25) is 18.7 Å². The first-order valence-electron chi connectivity index (χ1n) is 11.8. The van der Waals surface area contributed by atoms with Crippen molar-refractivity contribution in [3.8, 4) is 11.6 Å². The number of benzene rings is 3. The maximum absolute atomic E-state index is 13.6. The van der Waals surface area contributed by atoms with E-state index in [0.29, 0.717) is 29.9 Å². The molecular formula is C27H20ClFN5O5S-. The summed E-state index contributed by atoms with van der Waals surface area (Å²) in [5.74, 6) is -1.26. The van der Waals surface area contributed by atoms with Gasteiger partial charge in [-0.15, -0.1) is 0 Å². The monoisotopic (exact) mass is 580 g/mol. The topological polar surface area (TPSA) is 151 Å². The fraction of sp³-hybridized carbons (Fsp3) is 0.111. The minimum absolute atomic E-state index is 0.0980. The molecule has 3 N–H and O–H groups in total. The van der Waals surface area contributed by atoms with Gasteiger partial charge in [-0.2, -0.15) is 4.98 Å². The van der Waals surface area contributed by atoms with Crippen molar-refractivity contribution < 1.29 is 27.5 Å². The summed E-state index contributed by atoms with van der Waals surface area (Å²) in [5.41, 5.74) is 5.31. The minimum atomic E-state index is -2.39. The quantitative estimate of drug-likeness (QED) is 0.208. The molecule has 13 heteroatoms. The van der Waals surface area contributed by atoms with E-state index in [9.17, 15) is 22.7 Å². The van der Waals surface area contributed by atoms with Crippen LogP contribution in [0.3, 0.4) is 0 Å². The van der Waals surface area contributed by atoms with Gasteiger partial charge in [-0.1, -0.05) is 17.7 Å². The number of carbonyl (C=O) groups excluding carboxylic acids is 2. The summed E-state index contributed by atoms with van der Waals surface area (Å²) in [4.78, 5) is 35.3. The van der Waals surface area contributed by atoms with Crippen LogP contribution in [0.2, 0.25) is 5.02 Å². The summed E-state index contributed by atoms with van der Waals surface area (Å²) in [7, 11) is 0. The molecule has 2 amide bonds. The molecule has 204 valence electrons. The van der Waals surface area contributed by atoms with Gasteiger partial charge in [0.1, 0.15) is 17.0 Å². The molecule has 0 aliphatic heterocycles. The SMILES string of the molecule is NC(=O)C1(C(=O)N(c2ccc(F)cc2)c2ccc(Oc3ccnc(Nc4cccc(S(=O)[O-])c4)n3)c(Cl)c2)CC1. The Morgan fingerprint density at radius 1 is 1.07 bits per heavy atom. The number of aromatic nitrogens is 2. The van der Waals surface area contributed by atoms with Crippen LogP contribution in [0.1, 0.15) is 12.8 Å². The van der Waals surface area contributed by atoms with Gasteiger partial charge in [0.25, 0.3) is 0 Å². The van der Waals surface area contributed by atoms with Crippen LogP contribution in [0.5, 0.6) is 11.6 Å². The molecule has 1 saturated carbocycles. The molecule has 1 aliphatic carbocycles. The number of rotatable bonds is 9. The predicted molar refractivity (Wildman–Crippen MR) is 145 cm³/mol. The Bertz CT molecular complexity index is 1630. The van der Waals surface area contributed by atoms with Gasteiger partial charge < -0.3 is 20.3 Å². The molecule has 0 spiro atoms. The maximum atomic E-state index is 13.6. The van der Waals surface area contributed by atoms with E-state index < -0.39 is 34.1 Å². The molecule has 1 unspecified atom stereocenters. The molecule has 10 nitrogen and oxygen atoms in total. The number of nitrogens with one attached hydrogen (secondary N) is 1. The van der Waals surface area contributed by atoms with Gasteiger partial charge >= 0.3 is 0 Å². The highest BCUT2D eigenvalue weighted by Gasteiger charge is 2.57. The molecular weight excluding hydrogens is 561 g/mol. The van der Waals surface area contributed by atoms with Crippen molar-refractivity contribution in [2.45, 2.75) is 17.7 Å². The van der Waals surface area contributed by atoms with E-state index in [-0.39, 0.29) is 27.5 Å². The molecule has 0 bridgehead atoms. The molecule has 1 aromatic heterocycles. The highest BCUT2D eigenvalue weighted by atomic mass is 35.5. The van der Waals surface area contributed by atoms with Gasteiger partial charge in [-0.25, -0.2) is 9.37 Å². The molecule has 1 aliphatic rings. The summed E-state index contributed by atoms with van der Waals surface area (Å²) >= 11 is 4.13. The molecule has 1 atom stereocenters. The zero-order valence-corrected chi connectivity index (χ0v) is 22.1. The molecule has 0 radical (unpaired) electrons. The zero-order valence-electron chi connectivity index (χ0n) is 20.5. The predicted octanol–water partition coefficient (Wildman–Crippen LogP) is 4.97. The largest absolute Gasteiger partial charge is 0.768 e. The van der Waals surface area contributed by atoms with E-state index in [0.717, 1.165) is 0 Å². The third-order valence-corrected chi connectivity index (χ3v) is 7.15. The number of halogens is 2. The first-order valence-corrected chi connectivity index (χ1v) is 13.3. The van der Waals surface area contributed by atoms with Crippen LogP contribution < -0.4 is 20.7 Å². The Hall–Kier alpha value is -4.39. The Morgan fingerprint density at radius 2 is 1.80 bits per heavy atom. The summed E-state index contributed by atoms with van der Waals surface area (Å²) < 4.78 is 41.9. The van der Waals surface area contributed by atoms with Crippen LogP contribution in [0.25, 0.3) is 0 Å². The smallest absolute Gasteiger partial charge is 0.247 e. The first-order chi connectivity index (χ1) is 19.2. The molecule has 40 heavy (non-hydrogen) atoms. The third kappa shape index (κ3) is 5.64. The highest BCUT2D eigenvalue weighted by Crippen LogP contribution is 2.49. The second kappa shape index (κ2) is 11.0. The lowest BCUT2D eigenvalue weighted by atomic mass is 10.0. The summed E-state index contributed by atoms with van der Waals surface area (Å²) in [6.45, 7) is 0. The van der Waals surface area contributed by atoms with E-state index in [1.54, 1.807) is 18.2 Å². The Morgan fingerprint density at radius 3 is 2.45 bits per heavy atom. The number of nitrogens with two attached hydrogens (primary N) is 1. The average Bonchev–Trinajstić information content (AvgIpc) is 3.74. The van der Waals surface area contributed by atoms with Crippen molar-refractivity contribution in [1.29, 1.82) is 0 Å². The molecule has 5 rings (SSSR count). The standard InChI is InChI=1S/C27H21ClFN5O5S/c28-21-15-19(34(18-6-4-16(29)5-7-18)25(36)27(11-12-27)24(30)35)8-9-22(21)39-23-10-13-31-26(33-23)32-17-2-1-3-20(14-17)40(37)38/h1-10,13-15H,11-12H2,(H2,30,35)(H,37,38)(H,31,32,33)/p-1. The zero-order chi connectivity index (χ0) is 28.4. The lowest BCUT2D eigenvalue weighted by Crippen LogP contribution is -2.41. The maximum Gasteiger partial charge on any atom is 0.247 e. The average molecular weight is 581 g/mol. The van der Waals surface area contributed by atoms with Gasteiger partial charge in [0.2, 0.25) is 23.6 Å². The molecule has 1 fully saturated rings. The number of ether oxygens (including phenoxy) is 1. The molecule has 3 aromatic carbocycles. The first kappa shape index (κ1) is 27.2. The van der Waals surface area contributed by atoms with E-state index in [2.05, 4.69) is 15.3 Å². The number of carbonyl (C=O) groups is 2. The van der Waals surface area contributed by atoms with Crippen molar-refractivity contribution >= 4 is 57.5 Å². The van der Waals surface area contributed by atoms with Crippen LogP contribution in [0.4, 0.5) is 27.4 Å². The van der Waals surface area contributed by atoms with Crippen molar-refractivity contribution in [3.05, 3.63) is 89.8 Å². The van der Waals surface area contributed by atoms with Crippen molar-refractivity contribution in [2.75, 3.05) is 10.2 Å². The second-order valence-electron chi connectivity index (χ2n) is 8.89. The van der Waals surface area contributed by atoms with E-state index in [1.807, 2.05) is 0 Å². The van der Waals surface area contributed by atoms with Crippen LogP contribution in [-0.4, -0.2) is 30.5 Å². The number of nitrogens with zero attached hydrogens (tertiary/aromatic N) is 3. The normalized spacial score (nSPS) is 14.2. The van der Waals surface area contributed by atoms with Gasteiger partial charge in [0.15, 0.2) is 0 Å². The third-order valence-electron chi connectivity index (χ3n) is 6.22. The fourth-order valence-electron chi connectivity index (χ4n) is 3.97. The Balaban J connectivity index is 1.40. The molecule has 0 saturated heterocycles. The van der Waals surface area contributed by atoms with Crippen LogP contribution in [0.15, 0.2) is 83.9 Å². The van der Waals surface area contributed by atoms with Gasteiger partial charge in [-0.05, 0) is 84.6 Å². The minimum Gasteiger partial charge on any atom is -0.768 e. The second-order valence-corrected chi connectivity index (χ2v) is 10.2. The van der Waals surface area contributed by atoms with E-state index in [4.69, 9.17) is 22.1 Å². The number of hydrogen-bond acceptors (Lipinski definition) is 8. The highest BCUT2D eigenvalue weighted by molar-refractivity contribution is 7.79. The summed E-state index contributed by atoms with van der Waals surface area (Å²) in [6, 6.07) is 17.4. The van der Waals surface area contributed by atoms with Crippen LogP contribution in [-0.2, 0) is 20.7 Å². The van der Waals surface area contributed by atoms with Crippen LogP contribution in [0, 0.1) is 11.2 Å². The number of anilines is 4. The van der Waals surface area contributed by atoms with E-state index >= 15 is 0 Å². The van der Waals surface area contributed by atoms with Crippen LogP contribution >= 0.6 is 11.6 Å². The van der Waals surface area contributed by atoms with Gasteiger partial charge in [0.05, 0.1) is 10.7 Å². The Labute approximate surface area is 235 Å². The fourth-order valence-corrected chi connectivity index (χ4v) is 4.59. The number of primary amides is 1. The number of amides is 2. The molecule has 4 aromatic rings. The summed E-state index contributed by atoms with van der Waals surface area (Å²) in [6.07, 6.45) is 2.07. The van der Waals surface area contributed by atoms with Gasteiger partial charge in [0, 0.05) is 28.5 Å². The van der Waals surface area contributed by atoms with Crippen molar-refractivity contribution in [3.63, 3.8) is 0 Å². The summed E-state index contributed by atoms with van der Waals surface area (Å²) in [5, 5.41) is 3.04. The van der Waals surface area contributed by atoms with E-state index in [1.165, 1.54) is 65.7 Å². The van der Waals surface area contributed by atoms with Crippen molar-refractivity contribution in [1.82, 2.24) is 9.97 Å². The molecule has 1 heterocycles. The lowest BCUT2D eigenvalue weighted by Gasteiger charge is -2.27. The van der Waals surface area contributed by atoms with Crippen molar-refractivity contribution in [2.24, 2.45) is 11.1 Å². The lowest BCUT2D eigenvalue weighted by molar-refractivity contribution is -0.133. The number of hydrogen-bond donors (Lipinski definition) is 2.